The molecule has 2 fully saturated rings. The van der Waals surface area contributed by atoms with E-state index in [9.17, 15) is 4.79 Å². The first kappa shape index (κ1) is 15.7. The molecular formula is C20H26N2O2. The number of carbonyl (C=O) groups is 1. The van der Waals surface area contributed by atoms with Gasteiger partial charge in [-0.1, -0.05) is 5.57 Å². The fourth-order valence-corrected chi connectivity index (χ4v) is 4.17. The van der Waals surface area contributed by atoms with Crippen molar-refractivity contribution in [1.29, 1.82) is 0 Å². The van der Waals surface area contributed by atoms with Gasteiger partial charge in [0.2, 0.25) is 0 Å². The van der Waals surface area contributed by atoms with Crippen molar-refractivity contribution in [3.8, 4) is 0 Å². The first-order valence-corrected chi connectivity index (χ1v) is 9.19. The minimum atomic E-state index is 0.173. The van der Waals surface area contributed by atoms with Gasteiger partial charge in [0, 0.05) is 36.0 Å². The summed E-state index contributed by atoms with van der Waals surface area (Å²) in [5.41, 5.74) is 5.69. The molecule has 3 aliphatic heterocycles. The molecule has 0 unspecified atom stereocenters. The Kier molecular flexibility index (Phi) is 4.09. The third-order valence-corrected chi connectivity index (χ3v) is 5.38. The Balaban J connectivity index is 1.82. The molecule has 0 atom stereocenters. The Labute approximate surface area is 144 Å². The maximum atomic E-state index is 13.1. The van der Waals surface area contributed by atoms with Crippen LogP contribution in [0.1, 0.15) is 45.1 Å². The summed E-state index contributed by atoms with van der Waals surface area (Å²) in [5, 5.41) is 0. The number of carbonyl (C=O) groups excluding carboxylic acids is 1. The highest BCUT2D eigenvalue weighted by molar-refractivity contribution is 6.33. The van der Waals surface area contributed by atoms with E-state index < -0.39 is 0 Å². The Bertz CT molecular complexity index is 679. The number of hydrogen-bond acceptors (Lipinski definition) is 3. The minimum absolute atomic E-state index is 0.173. The van der Waals surface area contributed by atoms with Gasteiger partial charge in [0.15, 0.2) is 0 Å². The normalized spacial score (nSPS) is 21.2. The molecule has 0 spiro atoms. The van der Waals surface area contributed by atoms with Crippen LogP contribution < -0.4 is 9.80 Å². The molecule has 4 nitrogen and oxygen atoms in total. The van der Waals surface area contributed by atoms with Gasteiger partial charge in [-0.3, -0.25) is 4.79 Å². The number of rotatable bonds is 2. The molecule has 0 aromatic heterocycles. The van der Waals surface area contributed by atoms with Gasteiger partial charge in [-0.25, -0.2) is 0 Å². The van der Waals surface area contributed by atoms with Crippen LogP contribution >= 0.6 is 0 Å². The van der Waals surface area contributed by atoms with Gasteiger partial charge in [-0.2, -0.15) is 0 Å². The van der Waals surface area contributed by atoms with Crippen LogP contribution in [0.3, 0.4) is 0 Å². The molecule has 0 radical (unpaired) electrons. The summed E-state index contributed by atoms with van der Waals surface area (Å²) in [7, 11) is 0. The van der Waals surface area contributed by atoms with Crippen LogP contribution in [0.4, 0.5) is 11.4 Å². The standard InChI is InChI=1S/C20H26N2O2/c1-14(2)22-18-6-5-16(21-9-3-4-10-21)13-17(18)19(20(22)23)15-7-11-24-12-8-15/h5-6,13-14H,3-4,7-12H2,1-2H3. The van der Waals surface area contributed by atoms with Gasteiger partial charge in [0.05, 0.1) is 18.9 Å². The van der Waals surface area contributed by atoms with Crippen LogP contribution in [0.25, 0.3) is 5.57 Å². The van der Waals surface area contributed by atoms with Crippen molar-refractivity contribution >= 4 is 22.9 Å². The fraction of sp³-hybridized carbons (Fsp3) is 0.550. The smallest absolute Gasteiger partial charge is 0.259 e. The van der Waals surface area contributed by atoms with Crippen LogP contribution in [-0.2, 0) is 9.53 Å². The average molecular weight is 326 g/mol. The Morgan fingerprint density at radius 1 is 1.08 bits per heavy atom. The number of fused-ring (bicyclic) bond motifs is 1. The lowest BCUT2D eigenvalue weighted by molar-refractivity contribution is -0.113. The van der Waals surface area contributed by atoms with Crippen molar-refractivity contribution in [1.82, 2.24) is 0 Å². The highest BCUT2D eigenvalue weighted by Gasteiger charge is 2.36. The molecule has 1 aromatic rings. The molecule has 1 amide bonds. The first-order chi connectivity index (χ1) is 11.7. The molecule has 0 saturated carbocycles. The Morgan fingerprint density at radius 2 is 1.79 bits per heavy atom. The van der Waals surface area contributed by atoms with Gasteiger partial charge in [-0.05, 0) is 57.7 Å². The van der Waals surface area contributed by atoms with Crippen molar-refractivity contribution in [3.05, 3.63) is 29.3 Å². The lowest BCUT2D eigenvalue weighted by Gasteiger charge is -2.23. The zero-order valence-electron chi connectivity index (χ0n) is 14.7. The van der Waals surface area contributed by atoms with Crippen molar-refractivity contribution in [2.75, 3.05) is 36.1 Å². The van der Waals surface area contributed by atoms with Crippen LogP contribution in [0.2, 0.25) is 0 Å². The van der Waals surface area contributed by atoms with E-state index in [0.29, 0.717) is 0 Å². The predicted molar refractivity (Wildman–Crippen MR) is 97.5 cm³/mol. The van der Waals surface area contributed by atoms with Gasteiger partial charge >= 0.3 is 0 Å². The molecule has 2 saturated heterocycles. The molecule has 4 rings (SSSR count). The Hall–Kier alpha value is -1.81. The minimum Gasteiger partial charge on any atom is -0.381 e. The second kappa shape index (κ2) is 6.25. The zero-order chi connectivity index (χ0) is 16.7. The summed E-state index contributed by atoms with van der Waals surface area (Å²) in [4.78, 5) is 17.5. The summed E-state index contributed by atoms with van der Waals surface area (Å²) in [6.07, 6.45) is 4.28. The third kappa shape index (κ3) is 2.53. The second-order valence-corrected chi connectivity index (χ2v) is 7.26. The summed E-state index contributed by atoms with van der Waals surface area (Å²) in [5.74, 6) is 0.176. The average Bonchev–Trinajstić information content (AvgIpc) is 3.20. The quantitative estimate of drug-likeness (QED) is 0.779. The number of ether oxygens (including phenoxy) is 1. The topological polar surface area (TPSA) is 32.8 Å². The van der Waals surface area contributed by atoms with E-state index in [-0.39, 0.29) is 11.9 Å². The molecule has 3 aliphatic rings. The molecular weight excluding hydrogens is 300 g/mol. The number of anilines is 2. The second-order valence-electron chi connectivity index (χ2n) is 7.26. The van der Waals surface area contributed by atoms with E-state index >= 15 is 0 Å². The van der Waals surface area contributed by atoms with E-state index in [2.05, 4.69) is 36.9 Å². The van der Waals surface area contributed by atoms with E-state index in [0.717, 1.165) is 56.0 Å². The van der Waals surface area contributed by atoms with Crippen molar-refractivity contribution in [3.63, 3.8) is 0 Å². The van der Waals surface area contributed by atoms with Gasteiger partial charge in [-0.15, -0.1) is 0 Å². The largest absolute Gasteiger partial charge is 0.381 e. The summed E-state index contributed by atoms with van der Waals surface area (Å²) < 4.78 is 5.49. The monoisotopic (exact) mass is 326 g/mol. The molecule has 3 heterocycles. The molecule has 0 aliphatic carbocycles. The predicted octanol–water partition coefficient (Wildman–Crippen LogP) is 3.61. The van der Waals surface area contributed by atoms with Crippen LogP contribution in [0.15, 0.2) is 23.8 Å². The SMILES string of the molecule is CC(C)N1C(=O)C(=C2CCOCC2)c2cc(N3CCCC3)ccc21. The lowest BCUT2D eigenvalue weighted by Crippen LogP contribution is -2.33. The van der Waals surface area contributed by atoms with Gasteiger partial charge in [0.1, 0.15) is 0 Å². The number of benzene rings is 1. The van der Waals surface area contributed by atoms with E-state index in [1.54, 1.807) is 0 Å². The van der Waals surface area contributed by atoms with E-state index in [1.807, 2.05) is 4.90 Å². The van der Waals surface area contributed by atoms with Gasteiger partial charge in [0.25, 0.3) is 5.91 Å². The number of amides is 1. The van der Waals surface area contributed by atoms with Crippen LogP contribution in [0, 0.1) is 0 Å². The van der Waals surface area contributed by atoms with E-state index in [4.69, 9.17) is 4.74 Å². The Morgan fingerprint density at radius 3 is 2.46 bits per heavy atom. The molecule has 0 N–H and O–H groups in total. The lowest BCUT2D eigenvalue weighted by atomic mass is 9.95. The summed E-state index contributed by atoms with van der Waals surface area (Å²) >= 11 is 0. The zero-order valence-corrected chi connectivity index (χ0v) is 14.7. The van der Waals surface area contributed by atoms with Gasteiger partial charge < -0.3 is 14.5 Å². The summed E-state index contributed by atoms with van der Waals surface area (Å²) in [6, 6.07) is 6.75. The van der Waals surface area contributed by atoms with Crippen LogP contribution in [0.5, 0.6) is 0 Å². The maximum absolute atomic E-state index is 13.1. The fourth-order valence-electron chi connectivity index (χ4n) is 4.17. The number of nitrogens with zero attached hydrogens (tertiary/aromatic N) is 2. The molecule has 4 heteroatoms. The molecule has 1 aromatic carbocycles. The molecule has 24 heavy (non-hydrogen) atoms. The van der Waals surface area contributed by atoms with E-state index in [1.165, 1.54) is 24.1 Å². The summed E-state index contributed by atoms with van der Waals surface area (Å²) in [6.45, 7) is 7.89. The number of hydrogen-bond donors (Lipinski definition) is 0. The van der Waals surface area contributed by atoms with Crippen molar-refractivity contribution in [2.24, 2.45) is 0 Å². The third-order valence-electron chi connectivity index (χ3n) is 5.38. The molecule has 128 valence electrons. The maximum Gasteiger partial charge on any atom is 0.259 e. The first-order valence-electron chi connectivity index (χ1n) is 9.19. The molecule has 0 bridgehead atoms. The highest BCUT2D eigenvalue weighted by atomic mass is 16.5. The van der Waals surface area contributed by atoms with Crippen molar-refractivity contribution in [2.45, 2.75) is 45.6 Å². The van der Waals surface area contributed by atoms with Crippen molar-refractivity contribution < 1.29 is 9.53 Å². The van der Waals surface area contributed by atoms with Crippen LogP contribution in [-0.4, -0.2) is 38.3 Å². The highest BCUT2D eigenvalue weighted by Crippen LogP contribution is 2.43.